The van der Waals surface area contributed by atoms with Crippen LogP contribution in [0.25, 0.3) is 10.9 Å². The van der Waals surface area contributed by atoms with E-state index in [1.165, 1.54) is 0 Å². The quantitative estimate of drug-likeness (QED) is 0.802. The molecule has 1 N–H and O–H groups in total. The van der Waals surface area contributed by atoms with Crippen LogP contribution in [-0.2, 0) is 13.5 Å². The lowest BCUT2D eigenvalue weighted by Gasteiger charge is -2.08. The molecular weight excluding hydrogens is 318 g/mol. The van der Waals surface area contributed by atoms with E-state index in [0.717, 1.165) is 21.1 Å². The van der Waals surface area contributed by atoms with E-state index < -0.39 is 6.10 Å². The maximum absolute atomic E-state index is 10.4. The highest BCUT2D eigenvalue weighted by molar-refractivity contribution is 9.10. The first kappa shape index (κ1) is 13.3. The van der Waals surface area contributed by atoms with Gasteiger partial charge in [0.05, 0.1) is 11.2 Å². The number of rotatable bonds is 3. The van der Waals surface area contributed by atoms with Gasteiger partial charge in [-0.25, -0.2) is 0 Å². The van der Waals surface area contributed by atoms with Crippen molar-refractivity contribution < 1.29 is 5.11 Å². The Labute approximate surface area is 125 Å². The Kier molecular flexibility index (Phi) is 3.54. The molecule has 2 aromatic heterocycles. The van der Waals surface area contributed by atoms with Gasteiger partial charge in [0.15, 0.2) is 0 Å². The summed E-state index contributed by atoms with van der Waals surface area (Å²) in [7, 11) is 1.89. The lowest BCUT2D eigenvalue weighted by Crippen LogP contribution is -2.05. The molecule has 0 spiro atoms. The summed E-state index contributed by atoms with van der Waals surface area (Å²) in [6.45, 7) is 0. The van der Waals surface area contributed by atoms with E-state index in [1.807, 2.05) is 43.4 Å². The highest BCUT2D eigenvalue weighted by atomic mass is 79.9. The van der Waals surface area contributed by atoms with Gasteiger partial charge in [-0.1, -0.05) is 18.2 Å². The summed E-state index contributed by atoms with van der Waals surface area (Å²) in [5.74, 6) is 0. The maximum atomic E-state index is 10.4. The predicted molar refractivity (Wildman–Crippen MR) is 81.3 cm³/mol. The molecule has 0 fully saturated rings. The zero-order valence-electron chi connectivity index (χ0n) is 11.0. The van der Waals surface area contributed by atoms with Crippen LogP contribution in [0, 0.1) is 0 Å². The number of fused-ring (bicyclic) bond motifs is 1. The average Bonchev–Trinajstić information content (AvgIpc) is 2.79. The SMILES string of the molecule is Cn1nc(C(O)Cc2ccc(Br)cn2)c2ccccc21. The van der Waals surface area contributed by atoms with Crippen LogP contribution in [0.2, 0.25) is 0 Å². The fourth-order valence-electron chi connectivity index (χ4n) is 2.31. The van der Waals surface area contributed by atoms with Crippen LogP contribution in [0.15, 0.2) is 47.1 Å². The van der Waals surface area contributed by atoms with Gasteiger partial charge in [0.2, 0.25) is 0 Å². The van der Waals surface area contributed by atoms with E-state index in [2.05, 4.69) is 26.0 Å². The molecule has 0 aliphatic carbocycles. The summed E-state index contributed by atoms with van der Waals surface area (Å²) in [6, 6.07) is 11.7. The van der Waals surface area contributed by atoms with Gasteiger partial charge in [0.25, 0.3) is 0 Å². The van der Waals surface area contributed by atoms with Gasteiger partial charge in [-0.15, -0.1) is 0 Å². The third kappa shape index (κ3) is 2.46. The molecule has 102 valence electrons. The normalized spacial score (nSPS) is 12.8. The first-order chi connectivity index (χ1) is 9.65. The summed E-state index contributed by atoms with van der Waals surface area (Å²) >= 11 is 3.35. The largest absolute Gasteiger partial charge is 0.386 e. The van der Waals surface area contributed by atoms with Crippen molar-refractivity contribution in [3.63, 3.8) is 0 Å². The number of para-hydroxylation sites is 1. The van der Waals surface area contributed by atoms with E-state index >= 15 is 0 Å². The van der Waals surface area contributed by atoms with Crippen molar-refractivity contribution in [2.24, 2.45) is 7.05 Å². The molecule has 5 heteroatoms. The smallest absolute Gasteiger partial charge is 0.104 e. The molecule has 3 aromatic rings. The van der Waals surface area contributed by atoms with Gasteiger partial charge in [0.1, 0.15) is 6.10 Å². The zero-order chi connectivity index (χ0) is 14.1. The third-order valence-corrected chi connectivity index (χ3v) is 3.76. The van der Waals surface area contributed by atoms with Crippen molar-refractivity contribution in [2.75, 3.05) is 0 Å². The average molecular weight is 332 g/mol. The summed E-state index contributed by atoms with van der Waals surface area (Å²) in [5, 5.41) is 15.8. The Morgan fingerprint density at radius 2 is 2.05 bits per heavy atom. The molecule has 0 saturated heterocycles. The molecule has 1 aromatic carbocycles. The van der Waals surface area contributed by atoms with Crippen molar-refractivity contribution in [1.82, 2.24) is 14.8 Å². The molecule has 0 saturated carbocycles. The van der Waals surface area contributed by atoms with Crippen molar-refractivity contribution in [2.45, 2.75) is 12.5 Å². The van der Waals surface area contributed by atoms with Crippen LogP contribution in [0.4, 0.5) is 0 Å². The number of aromatic nitrogens is 3. The van der Waals surface area contributed by atoms with Gasteiger partial charge in [-0.2, -0.15) is 5.10 Å². The number of aliphatic hydroxyl groups excluding tert-OH is 1. The molecule has 0 aliphatic rings. The summed E-state index contributed by atoms with van der Waals surface area (Å²) in [6.07, 6.45) is 1.53. The van der Waals surface area contributed by atoms with Gasteiger partial charge >= 0.3 is 0 Å². The van der Waals surface area contributed by atoms with E-state index in [0.29, 0.717) is 12.1 Å². The molecule has 4 nitrogen and oxygen atoms in total. The van der Waals surface area contributed by atoms with Crippen LogP contribution in [-0.4, -0.2) is 19.9 Å². The Hall–Kier alpha value is -1.72. The number of benzene rings is 1. The van der Waals surface area contributed by atoms with E-state index in [4.69, 9.17) is 0 Å². The van der Waals surface area contributed by atoms with Crippen LogP contribution < -0.4 is 0 Å². The number of halogens is 1. The monoisotopic (exact) mass is 331 g/mol. The molecule has 20 heavy (non-hydrogen) atoms. The Morgan fingerprint density at radius 1 is 1.25 bits per heavy atom. The van der Waals surface area contributed by atoms with Crippen molar-refractivity contribution in [3.05, 3.63) is 58.5 Å². The second kappa shape index (κ2) is 5.34. The van der Waals surface area contributed by atoms with Crippen molar-refractivity contribution in [3.8, 4) is 0 Å². The lowest BCUT2D eigenvalue weighted by atomic mass is 10.1. The second-order valence-corrected chi connectivity index (χ2v) is 5.63. The number of aryl methyl sites for hydroxylation is 1. The standard InChI is InChI=1S/C15H14BrN3O/c1-19-13-5-3-2-4-12(13)15(18-19)14(20)8-11-7-6-10(16)9-17-11/h2-7,9,14,20H,8H2,1H3. The first-order valence-electron chi connectivity index (χ1n) is 6.35. The van der Waals surface area contributed by atoms with Crippen LogP contribution in [0.5, 0.6) is 0 Å². The van der Waals surface area contributed by atoms with Gasteiger partial charge in [-0.05, 0) is 34.1 Å². The van der Waals surface area contributed by atoms with Crippen molar-refractivity contribution >= 4 is 26.8 Å². The van der Waals surface area contributed by atoms with Gasteiger partial charge < -0.3 is 5.11 Å². The number of nitrogens with zero attached hydrogens (tertiary/aromatic N) is 3. The molecule has 1 atom stereocenters. The topological polar surface area (TPSA) is 50.9 Å². The van der Waals surface area contributed by atoms with Crippen molar-refractivity contribution in [1.29, 1.82) is 0 Å². The van der Waals surface area contributed by atoms with E-state index in [-0.39, 0.29) is 0 Å². The molecule has 0 bridgehead atoms. The zero-order valence-corrected chi connectivity index (χ0v) is 12.6. The fourth-order valence-corrected chi connectivity index (χ4v) is 2.54. The minimum atomic E-state index is -0.658. The number of pyridine rings is 1. The Balaban J connectivity index is 1.92. The minimum Gasteiger partial charge on any atom is -0.386 e. The van der Waals surface area contributed by atoms with Gasteiger partial charge in [0, 0.05) is 35.2 Å². The lowest BCUT2D eigenvalue weighted by molar-refractivity contribution is 0.173. The molecule has 3 rings (SSSR count). The molecular formula is C15H14BrN3O. The molecule has 1 unspecified atom stereocenters. The van der Waals surface area contributed by atoms with Crippen LogP contribution in [0.1, 0.15) is 17.5 Å². The highest BCUT2D eigenvalue weighted by Gasteiger charge is 2.17. The minimum absolute atomic E-state index is 0.453. The fraction of sp³-hybridized carbons (Fsp3) is 0.200. The number of hydrogen-bond donors (Lipinski definition) is 1. The molecule has 2 heterocycles. The van der Waals surface area contributed by atoms with Crippen LogP contribution in [0.3, 0.4) is 0 Å². The predicted octanol–water partition coefficient (Wildman–Crippen LogP) is 3.01. The number of aliphatic hydroxyl groups is 1. The van der Waals surface area contributed by atoms with Crippen LogP contribution >= 0.6 is 15.9 Å². The summed E-state index contributed by atoms with van der Waals surface area (Å²) in [5.41, 5.74) is 2.56. The maximum Gasteiger partial charge on any atom is 0.104 e. The highest BCUT2D eigenvalue weighted by Crippen LogP contribution is 2.25. The third-order valence-electron chi connectivity index (χ3n) is 3.29. The van der Waals surface area contributed by atoms with Gasteiger partial charge in [-0.3, -0.25) is 9.67 Å². The first-order valence-corrected chi connectivity index (χ1v) is 7.14. The second-order valence-electron chi connectivity index (χ2n) is 4.71. The Morgan fingerprint density at radius 3 is 2.80 bits per heavy atom. The summed E-state index contributed by atoms with van der Waals surface area (Å²) in [4.78, 5) is 4.29. The Bertz CT molecular complexity index is 736. The van der Waals surface area contributed by atoms with E-state index in [1.54, 1.807) is 10.9 Å². The molecule has 0 radical (unpaired) electrons. The summed E-state index contributed by atoms with van der Waals surface area (Å²) < 4.78 is 2.72. The van der Waals surface area contributed by atoms with E-state index in [9.17, 15) is 5.11 Å². The number of hydrogen-bond acceptors (Lipinski definition) is 3. The molecule has 0 aliphatic heterocycles. The molecule has 0 amide bonds.